The van der Waals surface area contributed by atoms with Gasteiger partial charge in [0.25, 0.3) is 11.8 Å². The lowest BCUT2D eigenvalue weighted by Crippen LogP contribution is -2.23. The fraction of sp³-hybridized carbons (Fsp3) is 0.174. The van der Waals surface area contributed by atoms with Crippen molar-refractivity contribution in [3.63, 3.8) is 0 Å². The van der Waals surface area contributed by atoms with Crippen LogP contribution >= 0.6 is 0 Å². The van der Waals surface area contributed by atoms with Crippen molar-refractivity contribution in [1.82, 2.24) is 10.3 Å². The fourth-order valence-electron chi connectivity index (χ4n) is 2.73. The van der Waals surface area contributed by atoms with Crippen LogP contribution in [0, 0.1) is 5.82 Å². The molecule has 0 radical (unpaired) electrons. The van der Waals surface area contributed by atoms with Gasteiger partial charge in [-0.2, -0.15) is 0 Å². The largest absolute Gasteiger partial charge is 0.348 e. The Labute approximate surface area is 169 Å². The van der Waals surface area contributed by atoms with E-state index >= 15 is 0 Å². The van der Waals surface area contributed by atoms with Gasteiger partial charge in [-0.05, 0) is 53.4 Å². The van der Waals surface area contributed by atoms with Gasteiger partial charge in [0.15, 0.2) is 0 Å². The molecule has 0 saturated heterocycles. The third-order valence-electron chi connectivity index (χ3n) is 4.46. The Bertz CT molecular complexity index is 999. The van der Waals surface area contributed by atoms with Gasteiger partial charge in [0.1, 0.15) is 11.5 Å². The van der Waals surface area contributed by atoms with Crippen molar-refractivity contribution in [2.24, 2.45) is 0 Å². The first-order valence-corrected chi connectivity index (χ1v) is 9.32. The lowest BCUT2D eigenvalue weighted by Gasteiger charge is -2.09. The summed E-state index contributed by atoms with van der Waals surface area (Å²) in [5, 5.41) is 5.53. The first-order valence-electron chi connectivity index (χ1n) is 9.32. The maximum absolute atomic E-state index is 12.9. The van der Waals surface area contributed by atoms with Gasteiger partial charge in [0.2, 0.25) is 0 Å². The molecular weight excluding hydrogens is 369 g/mol. The van der Waals surface area contributed by atoms with Crippen LogP contribution in [-0.4, -0.2) is 16.8 Å². The van der Waals surface area contributed by atoms with Crippen LogP contribution in [0.5, 0.6) is 0 Å². The van der Waals surface area contributed by atoms with Crippen molar-refractivity contribution >= 4 is 17.5 Å². The van der Waals surface area contributed by atoms with E-state index in [1.165, 1.54) is 36.0 Å². The van der Waals surface area contributed by atoms with Crippen molar-refractivity contribution in [3.8, 4) is 0 Å². The summed E-state index contributed by atoms with van der Waals surface area (Å²) >= 11 is 0. The zero-order valence-corrected chi connectivity index (χ0v) is 16.3. The molecule has 0 unspecified atom stereocenters. The summed E-state index contributed by atoms with van der Waals surface area (Å²) < 4.78 is 12.9. The third kappa shape index (κ3) is 5.48. The standard InChI is InChI=1S/C23H22FN3O2/c1-15(2)17-5-9-20(10-6-17)27-23(29)21-13-18(11-12-25-21)22(28)26-14-16-3-7-19(24)8-4-16/h3-13,15H,14H2,1-2H3,(H,26,28)(H,27,29). The summed E-state index contributed by atoms with van der Waals surface area (Å²) in [7, 11) is 0. The van der Waals surface area contributed by atoms with Crippen LogP contribution in [0.15, 0.2) is 66.9 Å². The molecule has 1 aromatic heterocycles. The van der Waals surface area contributed by atoms with E-state index in [2.05, 4.69) is 29.5 Å². The quantitative estimate of drug-likeness (QED) is 0.649. The number of hydrogen-bond donors (Lipinski definition) is 2. The monoisotopic (exact) mass is 391 g/mol. The average Bonchev–Trinajstić information content (AvgIpc) is 2.73. The van der Waals surface area contributed by atoms with E-state index in [1.54, 1.807) is 12.1 Å². The van der Waals surface area contributed by atoms with E-state index in [9.17, 15) is 14.0 Å². The molecule has 0 bridgehead atoms. The normalized spacial score (nSPS) is 10.6. The molecule has 2 amide bonds. The predicted octanol–water partition coefficient (Wildman–Crippen LogP) is 4.53. The Hall–Kier alpha value is -3.54. The molecule has 3 rings (SSSR count). The van der Waals surface area contributed by atoms with Gasteiger partial charge in [-0.3, -0.25) is 14.6 Å². The molecule has 2 N–H and O–H groups in total. The van der Waals surface area contributed by atoms with Gasteiger partial charge < -0.3 is 10.6 Å². The first-order chi connectivity index (χ1) is 13.9. The number of anilines is 1. The minimum atomic E-state index is -0.393. The molecule has 3 aromatic rings. The number of rotatable bonds is 6. The van der Waals surface area contributed by atoms with Crippen LogP contribution in [0.1, 0.15) is 51.7 Å². The highest BCUT2D eigenvalue weighted by atomic mass is 19.1. The van der Waals surface area contributed by atoms with Gasteiger partial charge >= 0.3 is 0 Å². The molecule has 0 aliphatic carbocycles. The highest BCUT2D eigenvalue weighted by Gasteiger charge is 2.12. The highest BCUT2D eigenvalue weighted by Crippen LogP contribution is 2.17. The number of carbonyl (C=O) groups excluding carboxylic acids is 2. The summed E-state index contributed by atoms with van der Waals surface area (Å²) in [4.78, 5) is 28.9. The van der Waals surface area contributed by atoms with Gasteiger partial charge in [0.05, 0.1) is 0 Å². The molecule has 5 nitrogen and oxygen atoms in total. The second kappa shape index (κ2) is 9.10. The smallest absolute Gasteiger partial charge is 0.274 e. The summed E-state index contributed by atoms with van der Waals surface area (Å²) in [6.45, 7) is 4.46. The summed E-state index contributed by atoms with van der Waals surface area (Å²) in [6.07, 6.45) is 1.42. The average molecular weight is 391 g/mol. The molecule has 0 saturated carbocycles. The summed E-state index contributed by atoms with van der Waals surface area (Å²) in [6, 6.07) is 16.5. The number of amides is 2. The van der Waals surface area contributed by atoms with Crippen molar-refractivity contribution in [2.45, 2.75) is 26.3 Å². The maximum atomic E-state index is 12.9. The Morgan fingerprint density at radius 2 is 1.66 bits per heavy atom. The van der Waals surface area contributed by atoms with E-state index in [-0.39, 0.29) is 24.0 Å². The number of carbonyl (C=O) groups is 2. The van der Waals surface area contributed by atoms with E-state index in [0.29, 0.717) is 17.2 Å². The number of pyridine rings is 1. The number of halogens is 1. The van der Waals surface area contributed by atoms with Crippen molar-refractivity contribution in [1.29, 1.82) is 0 Å². The number of aromatic nitrogens is 1. The molecule has 2 aromatic carbocycles. The third-order valence-corrected chi connectivity index (χ3v) is 4.46. The fourth-order valence-corrected chi connectivity index (χ4v) is 2.73. The van der Waals surface area contributed by atoms with Crippen LogP contribution in [0.4, 0.5) is 10.1 Å². The molecule has 148 valence electrons. The second-order valence-corrected chi connectivity index (χ2v) is 6.97. The van der Waals surface area contributed by atoms with Crippen molar-refractivity contribution in [2.75, 3.05) is 5.32 Å². The van der Waals surface area contributed by atoms with Gasteiger partial charge in [-0.1, -0.05) is 38.1 Å². The van der Waals surface area contributed by atoms with E-state index < -0.39 is 5.91 Å². The Kier molecular flexibility index (Phi) is 6.34. The van der Waals surface area contributed by atoms with E-state index in [0.717, 1.165) is 5.56 Å². The summed E-state index contributed by atoms with van der Waals surface area (Å²) in [5.41, 5.74) is 3.08. The topological polar surface area (TPSA) is 71.1 Å². The molecule has 0 fully saturated rings. The molecule has 0 aliphatic heterocycles. The van der Waals surface area contributed by atoms with Crippen LogP contribution in [0.2, 0.25) is 0 Å². The minimum absolute atomic E-state index is 0.146. The van der Waals surface area contributed by atoms with Crippen molar-refractivity contribution in [3.05, 3.63) is 95.1 Å². The van der Waals surface area contributed by atoms with Gasteiger partial charge in [0, 0.05) is 24.0 Å². The molecule has 1 heterocycles. The van der Waals surface area contributed by atoms with Gasteiger partial charge in [-0.15, -0.1) is 0 Å². The molecule has 0 aliphatic rings. The van der Waals surface area contributed by atoms with Crippen LogP contribution in [0.3, 0.4) is 0 Å². The first kappa shape index (κ1) is 20.2. The molecule has 0 spiro atoms. The molecular formula is C23H22FN3O2. The maximum Gasteiger partial charge on any atom is 0.274 e. The SMILES string of the molecule is CC(C)c1ccc(NC(=O)c2cc(C(=O)NCc3ccc(F)cc3)ccn2)cc1. The minimum Gasteiger partial charge on any atom is -0.348 e. The lowest BCUT2D eigenvalue weighted by molar-refractivity contribution is 0.0951. The van der Waals surface area contributed by atoms with Gasteiger partial charge in [-0.25, -0.2) is 4.39 Å². The number of hydrogen-bond acceptors (Lipinski definition) is 3. The highest BCUT2D eigenvalue weighted by molar-refractivity contribution is 6.04. The van der Waals surface area contributed by atoms with Crippen LogP contribution in [-0.2, 0) is 6.54 Å². The molecule has 6 heteroatoms. The number of nitrogens with zero attached hydrogens (tertiary/aromatic N) is 1. The van der Waals surface area contributed by atoms with Crippen LogP contribution in [0.25, 0.3) is 0 Å². The summed E-state index contributed by atoms with van der Waals surface area (Å²) in [5.74, 6) is -0.655. The van der Waals surface area contributed by atoms with E-state index in [1.807, 2.05) is 24.3 Å². The number of nitrogens with one attached hydrogen (secondary N) is 2. The Morgan fingerprint density at radius 1 is 0.966 bits per heavy atom. The second-order valence-electron chi connectivity index (χ2n) is 6.97. The molecule has 0 atom stereocenters. The van der Waals surface area contributed by atoms with Crippen LogP contribution < -0.4 is 10.6 Å². The Balaban J connectivity index is 1.63. The van der Waals surface area contributed by atoms with Crippen molar-refractivity contribution < 1.29 is 14.0 Å². The zero-order valence-electron chi connectivity index (χ0n) is 16.3. The zero-order chi connectivity index (χ0) is 20.8. The molecule has 29 heavy (non-hydrogen) atoms. The predicted molar refractivity (Wildman–Crippen MR) is 110 cm³/mol. The Morgan fingerprint density at radius 3 is 2.31 bits per heavy atom. The van der Waals surface area contributed by atoms with E-state index in [4.69, 9.17) is 0 Å². The number of benzene rings is 2. The lowest BCUT2D eigenvalue weighted by atomic mass is 10.0.